The monoisotopic (exact) mass is 1290 g/mol. The third kappa shape index (κ3) is 17.8. The van der Waals surface area contributed by atoms with Crippen LogP contribution in [0.25, 0.3) is 23.2 Å². The molecule has 2 amide bonds. The molecule has 3 N–H and O–H groups in total. The van der Waals surface area contributed by atoms with Gasteiger partial charge in [-0.25, -0.2) is 19.6 Å². The van der Waals surface area contributed by atoms with E-state index in [1.54, 1.807) is 55.5 Å². The number of rotatable bonds is 8. The molecule has 2 aromatic carbocycles. The van der Waals surface area contributed by atoms with Crippen LogP contribution in [0.2, 0.25) is 0 Å². The van der Waals surface area contributed by atoms with E-state index < -0.39 is 179 Å². The first-order chi connectivity index (χ1) is 41.8. The molecule has 31 heteroatoms. The average Bonchev–Trinajstić information content (AvgIpc) is 1.41. The number of carbonyl (C=O) groups is 2. The van der Waals surface area contributed by atoms with E-state index in [0.29, 0.717) is 29.7 Å². The third-order valence-corrected chi connectivity index (χ3v) is 13.6. The van der Waals surface area contributed by atoms with E-state index in [4.69, 9.17) is 37.3 Å². The van der Waals surface area contributed by atoms with Crippen molar-refractivity contribution in [3.63, 3.8) is 0 Å². The van der Waals surface area contributed by atoms with E-state index in [9.17, 15) is 54.2 Å². The molecule has 0 saturated carbocycles. The van der Waals surface area contributed by atoms with Crippen molar-refractivity contribution < 1.29 is 105 Å². The molecule has 2 unspecified atom stereocenters. The zero-order valence-electron chi connectivity index (χ0n) is 50.1. The zero-order chi connectivity index (χ0) is 66.4. The molecule has 90 heavy (non-hydrogen) atoms. The first-order valence-corrected chi connectivity index (χ1v) is 28.2. The summed E-state index contributed by atoms with van der Waals surface area (Å²) in [6, 6.07) is 17.2. The number of halogens is 12. The number of pyridine rings is 2. The highest BCUT2D eigenvalue weighted by atomic mass is 19.4. The maximum atomic E-state index is 15.1. The highest BCUT2D eigenvalue weighted by Gasteiger charge is 2.63. The second-order valence-corrected chi connectivity index (χ2v) is 23.6. The molecular weight excluding hydrogens is 1220 g/mol. The third-order valence-electron chi connectivity index (χ3n) is 13.6. The van der Waals surface area contributed by atoms with Crippen LogP contribution in [-0.4, -0.2) is 89.5 Å². The first-order valence-electron chi connectivity index (χ1n) is 28.2. The van der Waals surface area contributed by atoms with Crippen LogP contribution < -0.4 is 20.1 Å². The van der Waals surface area contributed by atoms with Crippen molar-refractivity contribution in [2.24, 2.45) is 5.92 Å². The molecule has 0 radical (unpaired) electrons. The predicted octanol–water partition coefficient (Wildman–Crippen LogP) is 15.6. The van der Waals surface area contributed by atoms with Gasteiger partial charge >= 0.3 is 36.9 Å². The van der Waals surface area contributed by atoms with Gasteiger partial charge in [0.15, 0.2) is 11.4 Å². The molecule has 2 aliphatic heterocycles. The van der Waals surface area contributed by atoms with Crippen molar-refractivity contribution in [3.8, 4) is 34.9 Å². The molecule has 19 nitrogen and oxygen atoms in total. The summed E-state index contributed by atoms with van der Waals surface area (Å²) in [7, 11) is 0. The van der Waals surface area contributed by atoms with Gasteiger partial charge in [0.1, 0.15) is 22.3 Å². The number of amides is 2. The van der Waals surface area contributed by atoms with Gasteiger partial charge in [-0.15, -0.1) is 20.4 Å². The van der Waals surface area contributed by atoms with Gasteiger partial charge in [-0.05, 0) is 123 Å². The molecule has 0 spiro atoms. The van der Waals surface area contributed by atoms with Crippen molar-refractivity contribution in [2.45, 2.75) is 192 Å². The lowest BCUT2D eigenvalue weighted by molar-refractivity contribution is -0.305. The molecule has 6 atom stereocenters. The van der Waals surface area contributed by atoms with Gasteiger partial charge in [-0.1, -0.05) is 74.0 Å². The number of aliphatic hydroxyl groups is 1. The van der Waals surface area contributed by atoms with Crippen molar-refractivity contribution >= 4 is 23.6 Å². The van der Waals surface area contributed by atoms with Crippen LogP contribution in [0.3, 0.4) is 0 Å². The van der Waals surface area contributed by atoms with Gasteiger partial charge in [-0.2, -0.15) is 52.7 Å². The molecule has 2 aliphatic rings. The number of alkyl halides is 12. The van der Waals surface area contributed by atoms with E-state index >= 15 is 13.2 Å². The normalized spacial score (nSPS) is 21.4. The van der Waals surface area contributed by atoms with E-state index in [-0.39, 0.29) is 32.1 Å². The Hall–Kier alpha value is -7.80. The van der Waals surface area contributed by atoms with Gasteiger partial charge in [0, 0.05) is 6.42 Å². The summed E-state index contributed by atoms with van der Waals surface area (Å²) in [6.07, 6.45) is -26.8. The second kappa shape index (κ2) is 27.3. The van der Waals surface area contributed by atoms with Gasteiger partial charge in [0.25, 0.3) is 23.6 Å². The van der Waals surface area contributed by atoms with Crippen LogP contribution in [0.5, 0.6) is 11.8 Å². The molecule has 8 bridgehead atoms. The number of nitrogens with zero attached hydrogens (tertiary/aromatic N) is 6. The molecule has 6 aromatic rings. The predicted molar refractivity (Wildman–Crippen MR) is 295 cm³/mol. The molecule has 0 fully saturated rings. The van der Waals surface area contributed by atoms with Gasteiger partial charge in [0.2, 0.25) is 23.0 Å². The van der Waals surface area contributed by atoms with Crippen molar-refractivity contribution in [1.29, 1.82) is 0 Å². The number of nitrogens with one attached hydrogen (secondary N) is 2. The summed E-state index contributed by atoms with van der Waals surface area (Å²) in [5.74, 6) is -5.98. The molecule has 0 saturated heterocycles. The maximum absolute atomic E-state index is 15.1. The number of hydrogen-bond donors (Lipinski definition) is 3. The SMILES string of the molecule is CC1CCC[C@@H](C)Oc2nc(c(NC(=O)OC(C)(C)C)cc2C(F)(F)F)-c2nnc(o2)[C@@](OCc2ccccc2)(C(F)(F)F)C1.C[C@@H]1CCCC(O)C[C@](OCc2ccccc2)(C(F)(F)F)c2nnc(o2)-c2nc(c(C(F)(F)F)cc2NC(=O)OC(C)(C)C)O1. The van der Waals surface area contributed by atoms with Gasteiger partial charge in [0.05, 0.1) is 42.9 Å². The van der Waals surface area contributed by atoms with Gasteiger partial charge in [-0.3, -0.25) is 10.6 Å². The minimum absolute atomic E-state index is 0.0611. The molecule has 492 valence electrons. The molecule has 6 heterocycles. The Morgan fingerprint density at radius 3 is 1.30 bits per heavy atom. The summed E-state index contributed by atoms with van der Waals surface area (Å²) in [6.45, 7) is 12.7. The van der Waals surface area contributed by atoms with Crippen molar-refractivity contribution in [1.82, 2.24) is 30.4 Å². The summed E-state index contributed by atoms with van der Waals surface area (Å²) >= 11 is 0. The summed E-state index contributed by atoms with van der Waals surface area (Å²) < 4.78 is 219. The zero-order valence-corrected chi connectivity index (χ0v) is 50.1. The quantitative estimate of drug-likeness (QED) is 0.120. The number of ether oxygens (including phenoxy) is 6. The van der Waals surface area contributed by atoms with E-state index in [0.717, 1.165) is 0 Å². The molecule has 4 aromatic heterocycles. The number of anilines is 2. The lowest BCUT2D eigenvalue weighted by atomic mass is 9.87. The van der Waals surface area contributed by atoms with Crippen molar-refractivity contribution in [2.75, 3.05) is 10.6 Å². The minimum atomic E-state index is -5.21. The number of aliphatic hydroxyl groups excluding tert-OH is 1. The lowest BCUT2D eigenvalue weighted by Gasteiger charge is -2.34. The first kappa shape index (κ1) is 69.7. The highest BCUT2D eigenvalue weighted by Crippen LogP contribution is 2.51. The van der Waals surface area contributed by atoms with Gasteiger partial charge < -0.3 is 42.4 Å². The summed E-state index contributed by atoms with van der Waals surface area (Å²) in [5.41, 5.74) is -12.8. The average molecular weight is 1290 g/mol. The fourth-order valence-corrected chi connectivity index (χ4v) is 9.42. The lowest BCUT2D eigenvalue weighted by Crippen LogP contribution is -2.47. The Bertz CT molecular complexity index is 3170. The summed E-state index contributed by atoms with van der Waals surface area (Å²) in [5, 5.41) is 29.7. The van der Waals surface area contributed by atoms with E-state index in [2.05, 4.69) is 41.0 Å². The number of benzene rings is 2. The fraction of sp³-hybridized carbons (Fsp3) is 0.525. The highest BCUT2D eigenvalue weighted by molar-refractivity contribution is 5.90. The number of hydrogen-bond acceptors (Lipinski definition) is 17. The Morgan fingerprint density at radius 2 is 0.933 bits per heavy atom. The summed E-state index contributed by atoms with van der Waals surface area (Å²) in [4.78, 5) is 33.1. The van der Waals surface area contributed by atoms with Crippen LogP contribution in [-0.2, 0) is 55.7 Å². The Kier molecular flexibility index (Phi) is 21.2. The molecular formula is C59H66F12N8O11. The standard InChI is InChI=1S/C30H34F6N4O5.C29H32F6N4O6/c1-17-10-9-11-18(2)43-23-20(29(31,32)33)14-21(37-26(41)45-27(3,4)5)22(38-23)24-39-40-25(44-24)28(15-17,30(34,35)36)42-16-19-12-7-6-8-13-19;1-16-9-8-12-18(40)14-27(29(33,34)35,42-15-17-10-6-5-7-11-17)24-39-38-23(44-24)21-20(36-25(41)45-26(2,3)4)13-19(28(30,31)32)22(37-21)43-16/h6-8,12-14,17-18H,9-11,15-16H2,1-5H3,(H,37,41);5-7,10-11,13,16,18,40H,8-9,12,14-15H2,1-4H3,(H,36,41)/t17?,18-,28-;16-,18?,27-/m11/s1. The van der Waals surface area contributed by atoms with E-state index in [1.807, 2.05) is 0 Å². The molecule has 8 rings (SSSR count). The number of aromatic nitrogens is 6. The largest absolute Gasteiger partial charge is 0.474 e. The van der Waals surface area contributed by atoms with Crippen LogP contribution >= 0.6 is 0 Å². The Morgan fingerprint density at radius 1 is 0.556 bits per heavy atom. The Balaban J connectivity index is 0.000000256. The van der Waals surface area contributed by atoms with Crippen LogP contribution in [0, 0.1) is 5.92 Å². The van der Waals surface area contributed by atoms with Crippen LogP contribution in [0.1, 0.15) is 148 Å². The minimum Gasteiger partial charge on any atom is -0.474 e. The second-order valence-electron chi connectivity index (χ2n) is 23.6. The number of fused-ring (bicyclic) bond motifs is 10. The Labute approximate surface area is 507 Å². The number of carbonyl (C=O) groups excluding carboxylic acids is 2. The topological polar surface area (TPSA) is 237 Å². The maximum Gasteiger partial charge on any atom is 0.426 e. The smallest absolute Gasteiger partial charge is 0.426 e. The van der Waals surface area contributed by atoms with Crippen LogP contribution in [0.15, 0.2) is 81.6 Å². The fourth-order valence-electron chi connectivity index (χ4n) is 9.42. The van der Waals surface area contributed by atoms with E-state index in [1.165, 1.54) is 67.5 Å². The van der Waals surface area contributed by atoms with Crippen LogP contribution in [0.4, 0.5) is 73.6 Å². The van der Waals surface area contributed by atoms with Crippen molar-refractivity contribution in [3.05, 3.63) is 107 Å². The molecule has 0 aliphatic carbocycles.